The van der Waals surface area contributed by atoms with Crippen LogP contribution in [0.3, 0.4) is 0 Å². The number of hydrogen-bond donors (Lipinski definition) is 4. The SMILES string of the molecule is CC(C)(C)OC(=O)NCC(=O)N1CCCC1C(N)=O.CCCCC/C=C\C1CC1C(=O)NSC1CC1.COc1ccc2c(=O)cc(OC3CC3)[nH]c2c1C. The van der Waals surface area contributed by atoms with Gasteiger partial charge in [-0.15, -0.1) is 0 Å². The lowest BCUT2D eigenvalue weighted by molar-refractivity contribution is -0.136. The van der Waals surface area contributed by atoms with Crippen LogP contribution in [0.2, 0.25) is 0 Å². The van der Waals surface area contributed by atoms with Gasteiger partial charge in [0.05, 0.1) is 12.6 Å². The van der Waals surface area contributed by atoms with Crippen molar-refractivity contribution in [3.8, 4) is 11.6 Å². The lowest BCUT2D eigenvalue weighted by Crippen LogP contribution is -2.48. The summed E-state index contributed by atoms with van der Waals surface area (Å²) < 4.78 is 18.9. The summed E-state index contributed by atoms with van der Waals surface area (Å²) in [5.41, 5.74) is 6.30. The maximum absolute atomic E-state index is 12.0. The zero-order valence-corrected chi connectivity index (χ0v) is 33.5. The van der Waals surface area contributed by atoms with Gasteiger partial charge in [0.2, 0.25) is 17.7 Å². The minimum Gasteiger partial charge on any atom is -0.496 e. The predicted molar refractivity (Wildman–Crippen MR) is 211 cm³/mol. The summed E-state index contributed by atoms with van der Waals surface area (Å²) in [6, 6.07) is 4.55. The summed E-state index contributed by atoms with van der Waals surface area (Å²) >= 11 is 1.63. The summed E-state index contributed by atoms with van der Waals surface area (Å²) in [6.45, 7) is 9.65. The van der Waals surface area contributed by atoms with E-state index in [-0.39, 0.29) is 35.8 Å². The van der Waals surface area contributed by atoms with Crippen molar-refractivity contribution in [3.63, 3.8) is 0 Å². The first-order chi connectivity index (χ1) is 25.7. The minimum absolute atomic E-state index is 0.0230. The number of nitrogens with zero attached hydrogens (tertiary/aromatic N) is 1. The van der Waals surface area contributed by atoms with Gasteiger partial charge in [0.15, 0.2) is 11.3 Å². The number of hydrogen-bond acceptors (Lipinski definition) is 9. The van der Waals surface area contributed by atoms with Crippen LogP contribution >= 0.6 is 11.9 Å². The average molecular weight is 770 g/mol. The number of nitrogens with one attached hydrogen (secondary N) is 3. The number of likely N-dealkylation sites (tertiary alicyclic amines) is 1. The smallest absolute Gasteiger partial charge is 0.408 e. The molecule has 3 atom stereocenters. The molecule has 1 saturated heterocycles. The number of aromatic nitrogens is 1. The van der Waals surface area contributed by atoms with Crippen LogP contribution in [0.15, 0.2) is 35.1 Å². The Balaban J connectivity index is 0.000000181. The molecule has 3 saturated carbocycles. The number of ether oxygens (including phenoxy) is 3. The second-order valence-electron chi connectivity index (χ2n) is 15.3. The van der Waals surface area contributed by atoms with E-state index in [0.29, 0.717) is 35.4 Å². The van der Waals surface area contributed by atoms with Gasteiger partial charge in [0, 0.05) is 34.7 Å². The molecule has 54 heavy (non-hydrogen) atoms. The number of carbonyl (C=O) groups excluding carboxylic acids is 4. The highest BCUT2D eigenvalue weighted by Crippen LogP contribution is 2.41. The zero-order valence-electron chi connectivity index (χ0n) is 32.7. The monoisotopic (exact) mass is 769 g/mol. The molecular formula is C40H59N5O8S. The van der Waals surface area contributed by atoms with Gasteiger partial charge in [-0.2, -0.15) is 0 Å². The number of aryl methyl sites for hydroxylation is 1. The number of alkyl carbamates (subject to hydrolysis) is 1. The van der Waals surface area contributed by atoms with E-state index < -0.39 is 23.6 Å². The van der Waals surface area contributed by atoms with Crippen molar-refractivity contribution in [3.05, 3.63) is 46.1 Å². The molecule has 1 aliphatic heterocycles. The molecule has 2 aromatic rings. The highest BCUT2D eigenvalue weighted by atomic mass is 32.2. The number of unbranched alkanes of at least 4 members (excludes halogenated alkanes) is 3. The third-order valence-corrected chi connectivity index (χ3v) is 10.4. The van der Waals surface area contributed by atoms with E-state index >= 15 is 0 Å². The van der Waals surface area contributed by atoms with Gasteiger partial charge < -0.3 is 35.1 Å². The molecule has 14 heteroatoms. The largest absolute Gasteiger partial charge is 0.496 e. The fourth-order valence-electron chi connectivity index (χ4n) is 5.90. The number of fused-ring (bicyclic) bond motifs is 1. The lowest BCUT2D eigenvalue weighted by Gasteiger charge is -2.23. The summed E-state index contributed by atoms with van der Waals surface area (Å²) in [6.07, 6.45) is 16.2. The zero-order chi connectivity index (χ0) is 39.4. The first-order valence-corrected chi connectivity index (χ1v) is 20.1. The number of aromatic amines is 1. The van der Waals surface area contributed by atoms with E-state index in [0.717, 1.165) is 42.5 Å². The van der Waals surface area contributed by atoms with Crippen molar-refractivity contribution < 1.29 is 33.4 Å². The molecule has 4 aliphatic rings. The summed E-state index contributed by atoms with van der Waals surface area (Å²) in [7, 11) is 1.62. The number of H-pyrrole nitrogens is 1. The lowest BCUT2D eigenvalue weighted by atomic mass is 10.1. The quantitative estimate of drug-likeness (QED) is 0.101. The van der Waals surface area contributed by atoms with Gasteiger partial charge in [-0.25, -0.2) is 4.79 Å². The normalized spacial score (nSPS) is 20.3. The molecule has 0 bridgehead atoms. The Labute approximate surface area is 323 Å². The van der Waals surface area contributed by atoms with E-state index in [1.807, 2.05) is 13.0 Å². The molecular weight excluding hydrogens is 711 g/mol. The Hall–Kier alpha value is -4.20. The second kappa shape index (κ2) is 19.9. The Morgan fingerprint density at radius 1 is 1.09 bits per heavy atom. The van der Waals surface area contributed by atoms with Crippen LogP contribution in [-0.4, -0.2) is 76.9 Å². The van der Waals surface area contributed by atoms with E-state index in [2.05, 4.69) is 34.1 Å². The van der Waals surface area contributed by atoms with Crippen molar-refractivity contribution in [2.24, 2.45) is 17.6 Å². The second-order valence-corrected chi connectivity index (χ2v) is 16.5. The third-order valence-electron chi connectivity index (χ3n) is 9.30. The number of pyridine rings is 1. The molecule has 13 nitrogen and oxygen atoms in total. The number of primary amides is 1. The van der Waals surface area contributed by atoms with Crippen molar-refractivity contribution in [2.45, 2.75) is 128 Å². The van der Waals surface area contributed by atoms with E-state index in [9.17, 15) is 24.0 Å². The maximum Gasteiger partial charge on any atom is 0.408 e. The van der Waals surface area contributed by atoms with Gasteiger partial charge in [-0.1, -0.05) is 31.9 Å². The maximum atomic E-state index is 12.0. The van der Waals surface area contributed by atoms with Crippen molar-refractivity contribution in [1.29, 1.82) is 0 Å². The van der Waals surface area contributed by atoms with Crippen LogP contribution in [0, 0.1) is 18.8 Å². The van der Waals surface area contributed by atoms with Gasteiger partial charge in [-0.05, 0) is 115 Å². The van der Waals surface area contributed by atoms with Gasteiger partial charge in [-0.3, -0.25) is 23.9 Å². The third kappa shape index (κ3) is 13.9. The Morgan fingerprint density at radius 2 is 1.83 bits per heavy atom. The first-order valence-electron chi connectivity index (χ1n) is 19.3. The average Bonchev–Trinajstić information content (AvgIpc) is 4.04. The van der Waals surface area contributed by atoms with Crippen LogP contribution in [-0.2, 0) is 19.1 Å². The fourth-order valence-corrected chi connectivity index (χ4v) is 6.71. The van der Waals surface area contributed by atoms with Gasteiger partial charge in [0.25, 0.3) is 0 Å². The number of methoxy groups -OCH3 is 1. The molecule has 2 heterocycles. The number of allylic oxidation sites excluding steroid dienone is 2. The molecule has 5 N–H and O–H groups in total. The number of rotatable bonds is 14. The molecule has 1 aromatic carbocycles. The molecule has 3 aliphatic carbocycles. The predicted octanol–water partition coefficient (Wildman–Crippen LogP) is 6.06. The molecule has 4 amide bonds. The van der Waals surface area contributed by atoms with Gasteiger partial charge in [0.1, 0.15) is 30.0 Å². The molecule has 0 radical (unpaired) electrons. The molecule has 3 unspecified atom stereocenters. The van der Waals surface area contributed by atoms with Crippen LogP contribution in [0.1, 0.15) is 104 Å². The molecule has 0 spiro atoms. The van der Waals surface area contributed by atoms with Crippen molar-refractivity contribution in [2.75, 3.05) is 20.2 Å². The van der Waals surface area contributed by atoms with Gasteiger partial charge >= 0.3 is 6.09 Å². The first kappa shape index (κ1) is 42.5. The van der Waals surface area contributed by atoms with Crippen LogP contribution in [0.5, 0.6) is 11.6 Å². The molecule has 6 rings (SSSR count). The number of nitrogens with two attached hydrogens (primary N) is 1. The highest BCUT2D eigenvalue weighted by molar-refractivity contribution is 7.98. The van der Waals surface area contributed by atoms with Crippen molar-refractivity contribution in [1.82, 2.24) is 19.9 Å². The summed E-state index contributed by atoms with van der Waals surface area (Å²) in [5.74, 6) is 1.52. The Kier molecular flexibility index (Phi) is 15.7. The number of amides is 4. The summed E-state index contributed by atoms with van der Waals surface area (Å²) in [5, 5.41) is 3.74. The minimum atomic E-state index is -0.657. The summed E-state index contributed by atoms with van der Waals surface area (Å²) in [4.78, 5) is 62.7. The van der Waals surface area contributed by atoms with Crippen LogP contribution < -0.4 is 30.7 Å². The Morgan fingerprint density at radius 3 is 2.46 bits per heavy atom. The molecule has 1 aromatic heterocycles. The standard InChI is InChI=1S/C14H15NO3.C14H23NOS.C12H21N3O4/c1-8-12(17-2)6-5-10-11(16)7-13(15-14(8)10)18-9-3-4-9;1-2-3-4-5-6-7-11-10-13(11)14(16)15-17-12-8-9-12;1-12(2,3)19-11(18)14-7-9(16)15-6-4-5-8(15)10(13)17/h5-7,9H,3-4H2,1-2H3,(H,15,16);6-7,11-13H,2-5,8-10H2,1H3,(H,15,16);8H,4-7H2,1-3H3,(H2,13,17)(H,14,18)/b;7-6-;. The molecule has 4 fully saturated rings. The highest BCUT2D eigenvalue weighted by Gasteiger charge is 2.41. The molecule has 298 valence electrons. The number of carbonyl (C=O) groups is 4. The number of benzene rings is 1. The fraction of sp³-hybridized carbons (Fsp3) is 0.625. The van der Waals surface area contributed by atoms with Crippen molar-refractivity contribution >= 4 is 46.7 Å². The Bertz CT molecular complexity index is 1700. The van der Waals surface area contributed by atoms with E-state index in [1.54, 1.807) is 45.9 Å². The van der Waals surface area contributed by atoms with Crippen LogP contribution in [0.4, 0.5) is 4.79 Å². The van der Waals surface area contributed by atoms with Crippen LogP contribution in [0.25, 0.3) is 10.9 Å². The van der Waals surface area contributed by atoms with E-state index in [1.165, 1.54) is 49.5 Å². The topological polar surface area (TPSA) is 182 Å². The van der Waals surface area contributed by atoms with E-state index in [4.69, 9.17) is 19.9 Å².